The van der Waals surface area contributed by atoms with Gasteiger partial charge in [0.25, 0.3) is 0 Å². The summed E-state index contributed by atoms with van der Waals surface area (Å²) in [6, 6.07) is 2.77. The average Bonchev–Trinajstić information content (AvgIpc) is 3.18. The molecular weight excluding hydrogens is 680 g/mol. The minimum atomic E-state index is -0.839. The summed E-state index contributed by atoms with van der Waals surface area (Å²) >= 11 is 0. The Morgan fingerprint density at radius 2 is 0.519 bits per heavy atom. The largest absolute Gasteiger partial charge is 0.462 e. The predicted molar refractivity (Wildman–Crippen MR) is 220 cm³/mol. The number of esters is 4. The van der Waals surface area contributed by atoms with E-state index in [4.69, 9.17) is 18.9 Å². The van der Waals surface area contributed by atoms with Gasteiger partial charge in [-0.1, -0.05) is 182 Å². The summed E-state index contributed by atoms with van der Waals surface area (Å²) in [6.45, 7) is 9.41. The lowest BCUT2D eigenvalue weighted by Crippen LogP contribution is -2.24. The van der Waals surface area contributed by atoms with Crippen LogP contribution < -0.4 is 0 Å². The number of carbonyl (C=O) groups is 4. The van der Waals surface area contributed by atoms with E-state index in [0.717, 1.165) is 77.0 Å². The Morgan fingerprint density at radius 3 is 0.759 bits per heavy atom. The molecule has 310 valence electrons. The highest BCUT2D eigenvalue weighted by Gasteiger charge is 2.33. The first-order chi connectivity index (χ1) is 26.4. The third kappa shape index (κ3) is 23.1. The third-order valence-electron chi connectivity index (χ3n) is 9.98. The molecule has 8 heteroatoms. The van der Waals surface area contributed by atoms with Crippen molar-refractivity contribution in [1.82, 2.24) is 0 Å². The molecule has 0 saturated heterocycles. The number of unbranched alkanes of at least 4 members (excludes halogenated alkanes) is 24. The minimum Gasteiger partial charge on any atom is -0.462 e. The highest BCUT2D eigenvalue weighted by Crippen LogP contribution is 2.25. The van der Waals surface area contributed by atoms with Crippen molar-refractivity contribution in [3.8, 4) is 0 Å². The number of carbonyl (C=O) groups excluding carboxylic acids is 4. The van der Waals surface area contributed by atoms with E-state index in [1.54, 1.807) is 0 Å². The topological polar surface area (TPSA) is 105 Å². The van der Waals surface area contributed by atoms with Crippen LogP contribution in [0.3, 0.4) is 0 Å². The van der Waals surface area contributed by atoms with Crippen molar-refractivity contribution in [2.45, 2.75) is 207 Å². The lowest BCUT2D eigenvalue weighted by molar-refractivity contribution is 0.0415. The van der Waals surface area contributed by atoms with Crippen LogP contribution in [0, 0.1) is 0 Å². The summed E-state index contributed by atoms with van der Waals surface area (Å²) in [6.07, 6.45) is 29.6. The van der Waals surface area contributed by atoms with Crippen molar-refractivity contribution in [3.05, 3.63) is 34.4 Å². The SMILES string of the molecule is CCCCCCCCCOC(=O)c1ccc(C(=O)OCCCCCCCCC)c(C(=O)OCCCCCCCCC)c1C(=O)OCCCCCCCCC. The van der Waals surface area contributed by atoms with E-state index in [2.05, 4.69) is 27.7 Å². The number of benzene rings is 1. The normalized spacial score (nSPS) is 11.0. The first kappa shape index (κ1) is 49.1. The molecule has 0 heterocycles. The van der Waals surface area contributed by atoms with Crippen LogP contribution in [0.25, 0.3) is 0 Å². The molecule has 0 aromatic heterocycles. The molecule has 0 atom stereocenters. The Hall–Kier alpha value is -2.90. The van der Waals surface area contributed by atoms with E-state index in [-0.39, 0.29) is 48.7 Å². The fraction of sp³-hybridized carbons (Fsp3) is 0.783. The van der Waals surface area contributed by atoms with Gasteiger partial charge in [-0.05, 0) is 37.8 Å². The second-order valence-corrected chi connectivity index (χ2v) is 14.9. The molecule has 1 aromatic rings. The van der Waals surface area contributed by atoms with Crippen molar-refractivity contribution in [1.29, 1.82) is 0 Å². The quantitative estimate of drug-likeness (QED) is 0.0378. The van der Waals surface area contributed by atoms with Crippen LogP contribution in [0.15, 0.2) is 12.1 Å². The molecule has 8 nitrogen and oxygen atoms in total. The third-order valence-corrected chi connectivity index (χ3v) is 9.98. The highest BCUT2D eigenvalue weighted by atomic mass is 16.5. The standard InChI is InChI=1S/C46H78O8/c1-5-9-13-17-21-25-29-35-51-43(47)39-33-34-40(44(48)52-36-30-26-22-18-14-10-6-2)42(46(50)54-38-32-28-24-20-16-12-8-4)41(39)45(49)53-37-31-27-23-19-15-11-7-3/h33-34H,5-32,35-38H2,1-4H3. The molecule has 0 saturated carbocycles. The zero-order valence-electron chi connectivity index (χ0n) is 35.0. The number of hydrogen-bond donors (Lipinski definition) is 0. The maximum Gasteiger partial charge on any atom is 0.339 e. The lowest BCUT2D eigenvalue weighted by atomic mass is 9.95. The van der Waals surface area contributed by atoms with Crippen LogP contribution in [0.1, 0.15) is 249 Å². The minimum absolute atomic E-state index is 0.103. The van der Waals surface area contributed by atoms with Gasteiger partial charge in [-0.2, -0.15) is 0 Å². The number of ether oxygens (including phenoxy) is 4. The second kappa shape index (κ2) is 34.6. The van der Waals surface area contributed by atoms with Crippen LogP contribution in [0.5, 0.6) is 0 Å². The molecule has 0 amide bonds. The highest BCUT2D eigenvalue weighted by molar-refractivity contribution is 6.15. The molecular formula is C46H78O8. The summed E-state index contributed by atoms with van der Waals surface area (Å²) in [5.74, 6) is -3.14. The van der Waals surface area contributed by atoms with Crippen molar-refractivity contribution in [2.75, 3.05) is 26.4 Å². The van der Waals surface area contributed by atoms with Crippen molar-refractivity contribution < 1.29 is 38.1 Å². The molecule has 0 radical (unpaired) electrons. The van der Waals surface area contributed by atoms with Gasteiger partial charge in [-0.15, -0.1) is 0 Å². The monoisotopic (exact) mass is 759 g/mol. The summed E-state index contributed by atoms with van der Waals surface area (Å²) in [7, 11) is 0. The zero-order chi connectivity index (χ0) is 39.5. The van der Waals surface area contributed by atoms with Gasteiger partial charge in [0, 0.05) is 0 Å². The predicted octanol–water partition coefficient (Wildman–Crippen LogP) is 13.3. The van der Waals surface area contributed by atoms with Gasteiger partial charge >= 0.3 is 23.9 Å². The Labute approximate surface area is 329 Å². The molecule has 0 aliphatic carbocycles. The van der Waals surface area contributed by atoms with Gasteiger partial charge in [0.1, 0.15) is 0 Å². The van der Waals surface area contributed by atoms with E-state index in [0.29, 0.717) is 25.7 Å². The van der Waals surface area contributed by atoms with Gasteiger partial charge in [0.2, 0.25) is 0 Å². The maximum atomic E-state index is 13.9. The Balaban J connectivity index is 3.22. The van der Waals surface area contributed by atoms with E-state index in [9.17, 15) is 19.2 Å². The zero-order valence-corrected chi connectivity index (χ0v) is 35.0. The van der Waals surface area contributed by atoms with Gasteiger partial charge in [0.15, 0.2) is 0 Å². The fourth-order valence-corrected chi connectivity index (χ4v) is 6.56. The number of hydrogen-bond acceptors (Lipinski definition) is 8. The molecule has 0 fully saturated rings. The first-order valence-electron chi connectivity index (χ1n) is 22.3. The fourth-order valence-electron chi connectivity index (χ4n) is 6.56. The van der Waals surface area contributed by atoms with Gasteiger partial charge in [0.05, 0.1) is 48.7 Å². The maximum absolute atomic E-state index is 13.9. The Kier molecular flexibility index (Phi) is 31.5. The van der Waals surface area contributed by atoms with Crippen LogP contribution >= 0.6 is 0 Å². The molecule has 0 bridgehead atoms. The van der Waals surface area contributed by atoms with Crippen LogP contribution in [-0.2, 0) is 18.9 Å². The molecule has 0 unspecified atom stereocenters. The first-order valence-corrected chi connectivity index (χ1v) is 22.3. The summed E-state index contributed by atoms with van der Waals surface area (Å²) in [5.41, 5.74) is -0.766. The second-order valence-electron chi connectivity index (χ2n) is 14.9. The van der Waals surface area contributed by atoms with Crippen molar-refractivity contribution in [2.24, 2.45) is 0 Å². The Bertz CT molecular complexity index is 1040. The summed E-state index contributed by atoms with van der Waals surface area (Å²) in [4.78, 5) is 54.8. The van der Waals surface area contributed by atoms with Crippen molar-refractivity contribution in [3.63, 3.8) is 0 Å². The molecule has 0 N–H and O–H groups in total. The summed E-state index contributed by atoms with van der Waals surface area (Å²) in [5, 5.41) is 0. The summed E-state index contributed by atoms with van der Waals surface area (Å²) < 4.78 is 22.7. The lowest BCUT2D eigenvalue weighted by Gasteiger charge is -2.17. The molecule has 54 heavy (non-hydrogen) atoms. The van der Waals surface area contributed by atoms with Crippen LogP contribution in [0.2, 0.25) is 0 Å². The average molecular weight is 759 g/mol. The van der Waals surface area contributed by atoms with Crippen LogP contribution in [-0.4, -0.2) is 50.3 Å². The van der Waals surface area contributed by atoms with Gasteiger partial charge in [-0.25, -0.2) is 19.2 Å². The molecule has 0 aliphatic rings. The van der Waals surface area contributed by atoms with Crippen molar-refractivity contribution >= 4 is 23.9 Å². The van der Waals surface area contributed by atoms with Gasteiger partial charge in [-0.3, -0.25) is 0 Å². The van der Waals surface area contributed by atoms with E-state index >= 15 is 0 Å². The van der Waals surface area contributed by atoms with Crippen LogP contribution in [0.4, 0.5) is 0 Å². The van der Waals surface area contributed by atoms with E-state index < -0.39 is 23.9 Å². The number of rotatable bonds is 36. The van der Waals surface area contributed by atoms with E-state index in [1.165, 1.54) is 89.2 Å². The Morgan fingerprint density at radius 1 is 0.315 bits per heavy atom. The molecule has 1 rings (SSSR count). The smallest absolute Gasteiger partial charge is 0.339 e. The molecule has 0 spiro atoms. The van der Waals surface area contributed by atoms with E-state index in [1.807, 2.05) is 0 Å². The molecule has 1 aromatic carbocycles. The van der Waals surface area contributed by atoms with Gasteiger partial charge < -0.3 is 18.9 Å². The molecule has 0 aliphatic heterocycles.